The van der Waals surface area contributed by atoms with E-state index in [0.717, 1.165) is 37.8 Å². The Labute approximate surface area is 97.0 Å². The van der Waals surface area contributed by atoms with Gasteiger partial charge in [-0.3, -0.25) is 0 Å². The minimum atomic E-state index is 0.803. The smallest absolute Gasteiger partial charge is 0.122 e. The average molecular weight is 217 g/mol. The van der Waals surface area contributed by atoms with Gasteiger partial charge in [-0.2, -0.15) is 0 Å². The summed E-state index contributed by atoms with van der Waals surface area (Å²) >= 11 is 0. The number of ether oxygens (including phenoxy) is 1. The Morgan fingerprint density at radius 3 is 3.06 bits per heavy atom. The van der Waals surface area contributed by atoms with Gasteiger partial charge >= 0.3 is 0 Å². The number of nitrogens with one attached hydrogen (secondary N) is 1. The van der Waals surface area contributed by atoms with Crippen LogP contribution in [0.4, 0.5) is 0 Å². The summed E-state index contributed by atoms with van der Waals surface area (Å²) < 4.78 is 5.51. The summed E-state index contributed by atoms with van der Waals surface area (Å²) in [6.07, 6.45) is 6.38. The standard InChI is InChI=1S/C14H19NO/c1-2-13(3-1)15-8-6-11-4-5-14-12(10-11)7-9-16-14/h4-5,10,13,15H,1-3,6-9H2. The second kappa shape index (κ2) is 4.46. The molecule has 0 aromatic heterocycles. The maximum absolute atomic E-state index is 5.51. The van der Waals surface area contributed by atoms with Crippen molar-refractivity contribution >= 4 is 0 Å². The van der Waals surface area contributed by atoms with E-state index in [1.54, 1.807) is 0 Å². The molecule has 3 rings (SSSR count). The lowest BCUT2D eigenvalue weighted by molar-refractivity contribution is 0.342. The first-order chi connectivity index (χ1) is 7.92. The topological polar surface area (TPSA) is 21.3 Å². The van der Waals surface area contributed by atoms with Gasteiger partial charge in [0, 0.05) is 12.5 Å². The fraction of sp³-hybridized carbons (Fsp3) is 0.571. The Bertz CT molecular complexity index is 371. The summed E-state index contributed by atoms with van der Waals surface area (Å²) in [5, 5.41) is 3.60. The van der Waals surface area contributed by atoms with E-state index in [-0.39, 0.29) is 0 Å². The first kappa shape index (κ1) is 10.2. The van der Waals surface area contributed by atoms with Crippen LogP contribution in [0.3, 0.4) is 0 Å². The predicted octanol–water partition coefficient (Wildman–Crippen LogP) is 2.31. The Balaban J connectivity index is 1.53. The molecule has 1 aliphatic carbocycles. The summed E-state index contributed by atoms with van der Waals surface area (Å²) in [5.41, 5.74) is 2.83. The van der Waals surface area contributed by atoms with E-state index in [1.807, 2.05) is 0 Å². The summed E-state index contributed by atoms with van der Waals surface area (Å²) in [6.45, 7) is 1.98. The van der Waals surface area contributed by atoms with Crippen LogP contribution in [0.5, 0.6) is 5.75 Å². The zero-order chi connectivity index (χ0) is 10.8. The van der Waals surface area contributed by atoms with E-state index in [4.69, 9.17) is 4.74 Å². The highest BCUT2D eigenvalue weighted by molar-refractivity contribution is 5.39. The molecular weight excluding hydrogens is 198 g/mol. The molecule has 0 unspecified atom stereocenters. The Kier molecular flexibility index (Phi) is 2.83. The monoisotopic (exact) mass is 217 g/mol. The lowest BCUT2D eigenvalue weighted by atomic mass is 9.93. The normalized spacial score (nSPS) is 19.0. The molecule has 0 amide bonds. The van der Waals surface area contributed by atoms with Crippen LogP contribution in [0.1, 0.15) is 30.4 Å². The molecule has 1 aromatic carbocycles. The van der Waals surface area contributed by atoms with Crippen molar-refractivity contribution in [3.05, 3.63) is 29.3 Å². The first-order valence-electron chi connectivity index (χ1n) is 6.40. The average Bonchev–Trinajstić information content (AvgIpc) is 2.68. The third-order valence-corrected chi connectivity index (χ3v) is 3.71. The Morgan fingerprint density at radius 1 is 1.31 bits per heavy atom. The lowest BCUT2D eigenvalue weighted by Crippen LogP contribution is -2.36. The summed E-state index contributed by atoms with van der Waals surface area (Å²) in [4.78, 5) is 0. The van der Waals surface area contributed by atoms with Crippen LogP contribution in [0.25, 0.3) is 0 Å². The van der Waals surface area contributed by atoms with Crippen LogP contribution in [0.15, 0.2) is 18.2 Å². The van der Waals surface area contributed by atoms with Gasteiger partial charge in [0.05, 0.1) is 6.61 Å². The number of hydrogen-bond donors (Lipinski definition) is 1. The minimum absolute atomic E-state index is 0.803. The number of rotatable bonds is 4. The maximum Gasteiger partial charge on any atom is 0.122 e. The van der Waals surface area contributed by atoms with Gasteiger partial charge < -0.3 is 10.1 Å². The van der Waals surface area contributed by atoms with Gasteiger partial charge in [-0.1, -0.05) is 18.6 Å². The predicted molar refractivity (Wildman–Crippen MR) is 65.0 cm³/mol. The van der Waals surface area contributed by atoms with E-state index in [2.05, 4.69) is 23.5 Å². The molecule has 0 saturated heterocycles. The zero-order valence-corrected chi connectivity index (χ0v) is 9.67. The van der Waals surface area contributed by atoms with Gasteiger partial charge in [0.1, 0.15) is 5.75 Å². The van der Waals surface area contributed by atoms with E-state index in [1.165, 1.54) is 30.4 Å². The van der Waals surface area contributed by atoms with Crippen LogP contribution in [0.2, 0.25) is 0 Å². The summed E-state index contributed by atoms with van der Waals surface area (Å²) in [7, 11) is 0. The van der Waals surface area contributed by atoms with Crippen molar-refractivity contribution < 1.29 is 4.74 Å². The highest BCUT2D eigenvalue weighted by Gasteiger charge is 2.16. The number of benzene rings is 1. The van der Waals surface area contributed by atoms with Gasteiger partial charge in [0.2, 0.25) is 0 Å². The minimum Gasteiger partial charge on any atom is -0.493 e. The van der Waals surface area contributed by atoms with Gasteiger partial charge in [-0.15, -0.1) is 0 Å². The van der Waals surface area contributed by atoms with Crippen LogP contribution in [-0.4, -0.2) is 19.2 Å². The molecule has 0 bridgehead atoms. The molecule has 1 saturated carbocycles. The molecule has 2 heteroatoms. The van der Waals surface area contributed by atoms with E-state index < -0.39 is 0 Å². The van der Waals surface area contributed by atoms with E-state index in [9.17, 15) is 0 Å². The maximum atomic E-state index is 5.51. The second-order valence-corrected chi connectivity index (χ2v) is 4.87. The highest BCUT2D eigenvalue weighted by Crippen LogP contribution is 2.26. The molecule has 1 fully saturated rings. The first-order valence-corrected chi connectivity index (χ1v) is 6.40. The van der Waals surface area contributed by atoms with Gasteiger partial charge in [-0.25, -0.2) is 0 Å². The van der Waals surface area contributed by atoms with Crippen molar-refractivity contribution in [3.8, 4) is 5.75 Å². The summed E-state index contributed by atoms with van der Waals surface area (Å²) in [6, 6.07) is 7.44. The lowest BCUT2D eigenvalue weighted by Gasteiger charge is -2.26. The fourth-order valence-corrected chi connectivity index (χ4v) is 2.43. The molecule has 1 heterocycles. The second-order valence-electron chi connectivity index (χ2n) is 4.87. The van der Waals surface area contributed by atoms with Crippen LogP contribution in [-0.2, 0) is 12.8 Å². The van der Waals surface area contributed by atoms with Crippen molar-refractivity contribution in [2.45, 2.75) is 38.1 Å². The van der Waals surface area contributed by atoms with E-state index in [0.29, 0.717) is 0 Å². The third kappa shape index (κ3) is 2.07. The van der Waals surface area contributed by atoms with Crippen LogP contribution >= 0.6 is 0 Å². The van der Waals surface area contributed by atoms with Crippen molar-refractivity contribution in [1.82, 2.24) is 5.32 Å². The highest BCUT2D eigenvalue weighted by atomic mass is 16.5. The Hall–Kier alpha value is -1.02. The molecule has 16 heavy (non-hydrogen) atoms. The quantitative estimate of drug-likeness (QED) is 0.835. The Morgan fingerprint density at radius 2 is 2.25 bits per heavy atom. The van der Waals surface area contributed by atoms with Crippen LogP contribution in [0, 0.1) is 0 Å². The molecule has 1 aliphatic heterocycles. The molecule has 0 radical (unpaired) electrons. The van der Waals surface area contributed by atoms with Crippen molar-refractivity contribution in [2.24, 2.45) is 0 Å². The zero-order valence-electron chi connectivity index (χ0n) is 9.67. The van der Waals surface area contributed by atoms with Crippen LogP contribution < -0.4 is 10.1 Å². The van der Waals surface area contributed by atoms with Gasteiger partial charge in [-0.05, 0) is 43.0 Å². The van der Waals surface area contributed by atoms with Gasteiger partial charge in [0.25, 0.3) is 0 Å². The fourth-order valence-electron chi connectivity index (χ4n) is 2.43. The van der Waals surface area contributed by atoms with Crippen molar-refractivity contribution in [3.63, 3.8) is 0 Å². The summed E-state index contributed by atoms with van der Waals surface area (Å²) in [5.74, 6) is 1.09. The molecule has 1 aromatic rings. The van der Waals surface area contributed by atoms with Gasteiger partial charge in [0.15, 0.2) is 0 Å². The van der Waals surface area contributed by atoms with Crippen molar-refractivity contribution in [1.29, 1.82) is 0 Å². The third-order valence-electron chi connectivity index (χ3n) is 3.71. The molecule has 1 N–H and O–H groups in total. The van der Waals surface area contributed by atoms with E-state index >= 15 is 0 Å². The molecule has 0 atom stereocenters. The SMILES string of the molecule is c1cc2c(cc1CCNC1CCC1)CCO2. The van der Waals surface area contributed by atoms with Crippen molar-refractivity contribution in [2.75, 3.05) is 13.2 Å². The number of fused-ring (bicyclic) bond motifs is 1. The number of hydrogen-bond acceptors (Lipinski definition) is 2. The largest absolute Gasteiger partial charge is 0.493 e. The molecule has 2 nitrogen and oxygen atoms in total. The molecule has 0 spiro atoms. The molecule has 86 valence electrons. The molecule has 2 aliphatic rings. The molecular formula is C14H19NO.